The van der Waals surface area contributed by atoms with Crippen LogP contribution in [0, 0.1) is 6.92 Å². The number of aryl methyl sites for hydroxylation is 1. The molecule has 2 rings (SSSR count). The number of nitrogens with zero attached hydrogens (tertiary/aromatic N) is 2. The Morgan fingerprint density at radius 1 is 1.44 bits per heavy atom. The lowest BCUT2D eigenvalue weighted by Crippen LogP contribution is -2.36. The molecule has 0 saturated carbocycles. The molecular weight excluding hydrogens is 266 g/mol. The second kappa shape index (κ2) is 5.15. The van der Waals surface area contributed by atoms with Crippen LogP contribution < -0.4 is 5.32 Å². The standard InChI is InChI=1S/C12H18BrN3/c1-9-7-11(8-14-12(9)13)15-10-3-5-16(2)6-4-10/h7-8,10,15H,3-6H2,1-2H3. The van der Waals surface area contributed by atoms with Gasteiger partial charge in [-0.3, -0.25) is 0 Å². The average molecular weight is 284 g/mol. The maximum Gasteiger partial charge on any atom is 0.109 e. The van der Waals surface area contributed by atoms with Crippen molar-refractivity contribution < 1.29 is 0 Å². The van der Waals surface area contributed by atoms with E-state index in [1.165, 1.54) is 31.5 Å². The molecule has 0 aromatic carbocycles. The van der Waals surface area contributed by atoms with Crippen molar-refractivity contribution in [2.75, 3.05) is 25.5 Å². The van der Waals surface area contributed by atoms with Gasteiger partial charge in [0.1, 0.15) is 4.60 Å². The minimum atomic E-state index is 0.596. The van der Waals surface area contributed by atoms with E-state index in [0.717, 1.165) is 10.3 Å². The number of rotatable bonds is 2. The van der Waals surface area contributed by atoms with E-state index in [0.29, 0.717) is 6.04 Å². The molecule has 1 aliphatic rings. The van der Waals surface area contributed by atoms with Crippen LogP contribution in [0.4, 0.5) is 5.69 Å². The van der Waals surface area contributed by atoms with Gasteiger partial charge >= 0.3 is 0 Å². The SMILES string of the molecule is Cc1cc(NC2CCN(C)CC2)cnc1Br. The lowest BCUT2D eigenvalue weighted by atomic mass is 10.1. The summed E-state index contributed by atoms with van der Waals surface area (Å²) in [5.74, 6) is 0. The highest BCUT2D eigenvalue weighted by atomic mass is 79.9. The minimum Gasteiger partial charge on any atom is -0.381 e. The molecule has 4 heteroatoms. The number of anilines is 1. The summed E-state index contributed by atoms with van der Waals surface area (Å²) in [7, 11) is 2.18. The molecule has 0 aliphatic carbocycles. The van der Waals surface area contributed by atoms with Crippen molar-refractivity contribution in [3.63, 3.8) is 0 Å². The van der Waals surface area contributed by atoms with Crippen LogP contribution in [0.25, 0.3) is 0 Å². The molecule has 0 bridgehead atoms. The smallest absolute Gasteiger partial charge is 0.109 e. The number of nitrogens with one attached hydrogen (secondary N) is 1. The van der Waals surface area contributed by atoms with Gasteiger partial charge in [-0.15, -0.1) is 0 Å². The van der Waals surface area contributed by atoms with Gasteiger partial charge in [-0.1, -0.05) is 0 Å². The number of halogens is 1. The van der Waals surface area contributed by atoms with Crippen molar-refractivity contribution in [1.82, 2.24) is 9.88 Å². The Hall–Kier alpha value is -0.610. The van der Waals surface area contributed by atoms with Gasteiger partial charge in [-0.25, -0.2) is 4.98 Å². The molecule has 1 aromatic heterocycles. The maximum absolute atomic E-state index is 4.30. The summed E-state index contributed by atoms with van der Waals surface area (Å²) in [6.07, 6.45) is 4.33. The van der Waals surface area contributed by atoms with Crippen LogP contribution in [0.15, 0.2) is 16.9 Å². The van der Waals surface area contributed by atoms with Gasteiger partial charge in [-0.2, -0.15) is 0 Å². The molecule has 88 valence electrons. The number of pyridine rings is 1. The van der Waals surface area contributed by atoms with Gasteiger partial charge in [0.2, 0.25) is 0 Å². The number of piperidine rings is 1. The van der Waals surface area contributed by atoms with E-state index in [1.54, 1.807) is 0 Å². The number of hydrogen-bond donors (Lipinski definition) is 1. The quantitative estimate of drug-likeness (QED) is 0.846. The first-order valence-electron chi connectivity index (χ1n) is 5.72. The first-order chi connectivity index (χ1) is 7.65. The number of likely N-dealkylation sites (tertiary alicyclic amines) is 1. The summed E-state index contributed by atoms with van der Waals surface area (Å²) in [5.41, 5.74) is 2.31. The molecule has 1 aliphatic heterocycles. The van der Waals surface area contributed by atoms with Crippen LogP contribution >= 0.6 is 15.9 Å². The second-order valence-corrected chi connectivity index (χ2v) is 5.30. The van der Waals surface area contributed by atoms with E-state index in [-0.39, 0.29) is 0 Å². The third-order valence-electron chi connectivity index (χ3n) is 3.10. The van der Waals surface area contributed by atoms with Gasteiger partial charge in [0.05, 0.1) is 11.9 Å². The molecule has 0 atom stereocenters. The highest BCUT2D eigenvalue weighted by Crippen LogP contribution is 2.19. The Balaban J connectivity index is 1.96. The Labute approximate surface area is 105 Å². The Kier molecular flexibility index (Phi) is 3.82. The summed E-state index contributed by atoms with van der Waals surface area (Å²) in [4.78, 5) is 6.68. The van der Waals surface area contributed by atoms with Crippen LogP contribution in [-0.4, -0.2) is 36.1 Å². The molecule has 0 unspecified atom stereocenters. The summed E-state index contributed by atoms with van der Waals surface area (Å²) in [6.45, 7) is 4.43. The molecule has 1 N–H and O–H groups in total. The predicted molar refractivity (Wildman–Crippen MR) is 70.8 cm³/mol. The highest BCUT2D eigenvalue weighted by molar-refractivity contribution is 9.10. The van der Waals surface area contributed by atoms with E-state index >= 15 is 0 Å². The largest absolute Gasteiger partial charge is 0.381 e. The zero-order valence-corrected chi connectivity index (χ0v) is 11.4. The van der Waals surface area contributed by atoms with Gasteiger partial charge in [0, 0.05) is 6.04 Å². The zero-order chi connectivity index (χ0) is 11.5. The maximum atomic E-state index is 4.30. The van der Waals surface area contributed by atoms with Crippen molar-refractivity contribution in [3.8, 4) is 0 Å². The molecule has 1 fully saturated rings. The summed E-state index contributed by atoms with van der Waals surface area (Å²) in [6, 6.07) is 2.74. The van der Waals surface area contributed by atoms with E-state index in [2.05, 4.69) is 51.2 Å². The predicted octanol–water partition coefficient (Wildman–Crippen LogP) is 2.66. The van der Waals surface area contributed by atoms with Gasteiger partial charge in [0.25, 0.3) is 0 Å². The van der Waals surface area contributed by atoms with E-state index < -0.39 is 0 Å². The molecular formula is C12H18BrN3. The van der Waals surface area contributed by atoms with Crippen molar-refractivity contribution in [2.45, 2.75) is 25.8 Å². The Morgan fingerprint density at radius 2 is 2.12 bits per heavy atom. The summed E-state index contributed by atoms with van der Waals surface area (Å²) < 4.78 is 0.932. The topological polar surface area (TPSA) is 28.2 Å². The molecule has 0 spiro atoms. The Bertz CT molecular complexity index is 359. The van der Waals surface area contributed by atoms with Crippen molar-refractivity contribution >= 4 is 21.6 Å². The zero-order valence-electron chi connectivity index (χ0n) is 9.83. The minimum absolute atomic E-state index is 0.596. The van der Waals surface area contributed by atoms with Crippen LogP contribution in [0.1, 0.15) is 18.4 Å². The van der Waals surface area contributed by atoms with E-state index in [4.69, 9.17) is 0 Å². The third-order valence-corrected chi connectivity index (χ3v) is 3.93. The summed E-state index contributed by atoms with van der Waals surface area (Å²) >= 11 is 3.42. The molecule has 3 nitrogen and oxygen atoms in total. The lowest BCUT2D eigenvalue weighted by molar-refractivity contribution is 0.264. The van der Waals surface area contributed by atoms with Crippen LogP contribution in [0.2, 0.25) is 0 Å². The number of hydrogen-bond acceptors (Lipinski definition) is 3. The first kappa shape index (κ1) is 11.9. The summed E-state index contributed by atoms with van der Waals surface area (Å²) in [5, 5.41) is 3.56. The molecule has 0 radical (unpaired) electrons. The molecule has 1 saturated heterocycles. The van der Waals surface area contributed by atoms with E-state index in [9.17, 15) is 0 Å². The fraction of sp³-hybridized carbons (Fsp3) is 0.583. The Morgan fingerprint density at radius 3 is 2.75 bits per heavy atom. The molecule has 0 amide bonds. The van der Waals surface area contributed by atoms with Gasteiger partial charge in [-0.05, 0) is 67.5 Å². The van der Waals surface area contributed by atoms with Crippen molar-refractivity contribution in [1.29, 1.82) is 0 Å². The van der Waals surface area contributed by atoms with Crippen molar-refractivity contribution in [3.05, 3.63) is 22.4 Å². The van der Waals surface area contributed by atoms with Crippen LogP contribution in [-0.2, 0) is 0 Å². The average Bonchev–Trinajstić information content (AvgIpc) is 2.27. The van der Waals surface area contributed by atoms with E-state index in [1.807, 2.05) is 6.20 Å². The van der Waals surface area contributed by atoms with Crippen molar-refractivity contribution in [2.24, 2.45) is 0 Å². The monoisotopic (exact) mass is 283 g/mol. The molecule has 1 aromatic rings. The third kappa shape index (κ3) is 2.95. The first-order valence-corrected chi connectivity index (χ1v) is 6.51. The number of aromatic nitrogens is 1. The van der Waals surface area contributed by atoms with Gasteiger partial charge < -0.3 is 10.2 Å². The molecule has 2 heterocycles. The lowest BCUT2D eigenvalue weighted by Gasteiger charge is -2.30. The fourth-order valence-corrected chi connectivity index (χ4v) is 2.24. The fourth-order valence-electron chi connectivity index (χ4n) is 2.03. The van der Waals surface area contributed by atoms with Crippen LogP contribution in [0.5, 0.6) is 0 Å². The van der Waals surface area contributed by atoms with Gasteiger partial charge in [0.15, 0.2) is 0 Å². The highest BCUT2D eigenvalue weighted by Gasteiger charge is 2.16. The molecule has 16 heavy (non-hydrogen) atoms. The second-order valence-electron chi connectivity index (χ2n) is 4.55. The normalized spacial score (nSPS) is 18.7. The van der Waals surface area contributed by atoms with Crippen LogP contribution in [0.3, 0.4) is 0 Å².